The predicted octanol–water partition coefficient (Wildman–Crippen LogP) is 7.68. The Morgan fingerprint density at radius 3 is 2.59 bits per heavy atom. The minimum Gasteiger partial charge on any atom is -0.490 e. The molecule has 174 valence electrons. The normalized spacial score (nSPS) is 14.2. The predicted molar refractivity (Wildman–Crippen MR) is 146 cm³/mol. The minimum absolute atomic E-state index is 0.161. The number of benzene rings is 3. The number of esters is 1. The lowest BCUT2D eigenvalue weighted by atomic mass is 10.1. The van der Waals surface area contributed by atoms with Crippen LogP contribution in [0, 0.1) is 3.57 Å². The molecule has 5 nitrogen and oxygen atoms in total. The molecule has 0 amide bonds. The van der Waals surface area contributed by atoms with Crippen LogP contribution in [-0.2, 0) is 16.1 Å². The second-order valence-electron chi connectivity index (χ2n) is 7.14. The minimum atomic E-state index is -0.554. The summed E-state index contributed by atoms with van der Waals surface area (Å²) in [4.78, 5) is 16.8. The number of nitrogens with zero attached hydrogens (tertiary/aromatic N) is 1. The summed E-state index contributed by atoms with van der Waals surface area (Å²) in [5.41, 5.74) is 2.39. The second kappa shape index (κ2) is 11.1. The first kappa shape index (κ1) is 25.0. The number of halogens is 4. The van der Waals surface area contributed by atoms with Gasteiger partial charge < -0.3 is 14.2 Å². The van der Waals surface area contributed by atoms with Gasteiger partial charge in [-0.3, -0.25) is 0 Å². The van der Waals surface area contributed by atoms with Gasteiger partial charge in [0.25, 0.3) is 0 Å². The molecule has 0 N–H and O–H groups in total. The third kappa shape index (κ3) is 5.94. The molecule has 0 radical (unpaired) electrons. The summed E-state index contributed by atoms with van der Waals surface area (Å²) in [6, 6.07) is 16.5. The molecule has 1 aliphatic heterocycles. The van der Waals surface area contributed by atoms with Gasteiger partial charge in [-0.25, -0.2) is 9.79 Å². The number of rotatable bonds is 7. The third-order valence-corrected chi connectivity index (χ3v) is 6.55. The third-order valence-electron chi connectivity index (χ3n) is 4.71. The van der Waals surface area contributed by atoms with E-state index >= 15 is 0 Å². The fraction of sp³-hybridized carbons (Fsp3) is 0.120. The van der Waals surface area contributed by atoms with Crippen LogP contribution in [-0.4, -0.2) is 18.5 Å². The zero-order chi connectivity index (χ0) is 24.2. The van der Waals surface area contributed by atoms with Crippen LogP contribution in [0.4, 0.5) is 0 Å². The average Bonchev–Trinajstić information content (AvgIpc) is 3.16. The molecule has 0 aliphatic carbocycles. The molecule has 0 unspecified atom stereocenters. The lowest BCUT2D eigenvalue weighted by molar-refractivity contribution is -0.129. The number of hydrogen-bond donors (Lipinski definition) is 0. The monoisotopic (exact) mass is 671 g/mol. The Hall–Kier alpha value is -2.07. The summed E-state index contributed by atoms with van der Waals surface area (Å²) in [6.07, 6.45) is 1.63. The van der Waals surface area contributed by atoms with Gasteiger partial charge in [-0.15, -0.1) is 0 Å². The molecule has 0 atom stereocenters. The van der Waals surface area contributed by atoms with Crippen LogP contribution in [0.5, 0.6) is 11.5 Å². The van der Waals surface area contributed by atoms with Crippen LogP contribution in [0.25, 0.3) is 6.08 Å². The van der Waals surface area contributed by atoms with Crippen molar-refractivity contribution in [3.8, 4) is 11.5 Å². The highest BCUT2D eigenvalue weighted by Gasteiger charge is 2.26. The first-order valence-electron chi connectivity index (χ1n) is 10.2. The lowest BCUT2D eigenvalue weighted by Gasteiger charge is -2.15. The first-order valence-corrected chi connectivity index (χ1v) is 12.8. The standard InChI is InChI=1S/C25H17BrCl2INO4/c1-2-32-22-11-15(9-19(26)23(22)33-13-14-3-5-16(27)6-4-14)10-21-25(31)34-24(30-21)18-12-17(29)7-8-20(18)28/h3-12H,2,13H2,1H3/b21-10-. The van der Waals surface area contributed by atoms with Crippen LogP contribution < -0.4 is 9.47 Å². The summed E-state index contributed by atoms with van der Waals surface area (Å²) in [5, 5.41) is 1.12. The van der Waals surface area contributed by atoms with E-state index in [1.165, 1.54) is 0 Å². The summed E-state index contributed by atoms with van der Waals surface area (Å²) in [6.45, 7) is 2.67. The van der Waals surface area contributed by atoms with Crippen molar-refractivity contribution in [1.82, 2.24) is 0 Å². The smallest absolute Gasteiger partial charge is 0.363 e. The molecule has 0 saturated heterocycles. The van der Waals surface area contributed by atoms with Crippen molar-refractivity contribution in [3.63, 3.8) is 0 Å². The van der Waals surface area contributed by atoms with E-state index in [1.54, 1.807) is 18.2 Å². The highest BCUT2D eigenvalue weighted by Crippen LogP contribution is 2.38. The van der Waals surface area contributed by atoms with Crippen molar-refractivity contribution in [2.24, 2.45) is 4.99 Å². The van der Waals surface area contributed by atoms with Crippen LogP contribution in [0.3, 0.4) is 0 Å². The Morgan fingerprint density at radius 1 is 1.09 bits per heavy atom. The fourth-order valence-corrected chi connectivity index (χ4v) is 4.54. The molecule has 0 bridgehead atoms. The molecule has 0 saturated carbocycles. The SMILES string of the molecule is CCOc1cc(/C=C2\N=C(c3cc(I)ccc3Cl)OC2=O)cc(Br)c1OCc1ccc(Cl)cc1. The van der Waals surface area contributed by atoms with Gasteiger partial charge in [-0.1, -0.05) is 35.3 Å². The number of cyclic esters (lactones) is 1. The van der Waals surface area contributed by atoms with Gasteiger partial charge in [0.2, 0.25) is 5.90 Å². The number of ether oxygens (including phenoxy) is 3. The Labute approximate surface area is 229 Å². The lowest BCUT2D eigenvalue weighted by Crippen LogP contribution is -2.06. The van der Waals surface area contributed by atoms with Crippen LogP contribution in [0.2, 0.25) is 10.0 Å². The van der Waals surface area contributed by atoms with Gasteiger partial charge in [-0.2, -0.15) is 0 Å². The van der Waals surface area contributed by atoms with Crippen molar-refractivity contribution >= 4 is 79.7 Å². The maximum Gasteiger partial charge on any atom is 0.363 e. The number of aliphatic imine (C=N–C) groups is 1. The molecule has 34 heavy (non-hydrogen) atoms. The van der Waals surface area contributed by atoms with E-state index in [2.05, 4.69) is 43.5 Å². The summed E-state index contributed by atoms with van der Waals surface area (Å²) < 4.78 is 18.8. The van der Waals surface area contributed by atoms with E-state index in [1.807, 2.05) is 49.4 Å². The van der Waals surface area contributed by atoms with Crippen molar-refractivity contribution < 1.29 is 19.0 Å². The maximum absolute atomic E-state index is 12.5. The molecule has 0 aromatic heterocycles. The van der Waals surface area contributed by atoms with Gasteiger partial charge in [0, 0.05) is 8.59 Å². The highest BCUT2D eigenvalue weighted by atomic mass is 127. The number of carbonyl (C=O) groups excluding carboxylic acids is 1. The van der Waals surface area contributed by atoms with Gasteiger partial charge in [0.05, 0.1) is 21.7 Å². The maximum atomic E-state index is 12.5. The Balaban J connectivity index is 1.62. The number of hydrogen-bond acceptors (Lipinski definition) is 5. The van der Waals surface area contributed by atoms with E-state index in [0.717, 1.165) is 9.13 Å². The van der Waals surface area contributed by atoms with Crippen molar-refractivity contribution in [3.05, 3.63) is 95.1 Å². The zero-order valence-corrected chi connectivity index (χ0v) is 23.0. The second-order valence-corrected chi connectivity index (χ2v) is 10.1. The molecule has 0 fully saturated rings. The van der Waals surface area contributed by atoms with Gasteiger partial charge in [0.15, 0.2) is 17.2 Å². The highest BCUT2D eigenvalue weighted by molar-refractivity contribution is 14.1. The van der Waals surface area contributed by atoms with E-state index < -0.39 is 5.97 Å². The molecule has 3 aromatic rings. The van der Waals surface area contributed by atoms with Gasteiger partial charge >= 0.3 is 5.97 Å². The van der Waals surface area contributed by atoms with Gasteiger partial charge in [0.1, 0.15) is 6.61 Å². The Bertz CT molecular complexity index is 1310. The summed E-state index contributed by atoms with van der Waals surface area (Å²) in [5.74, 6) is 0.713. The number of carbonyl (C=O) groups is 1. The van der Waals surface area contributed by atoms with E-state index in [4.69, 9.17) is 37.4 Å². The van der Waals surface area contributed by atoms with Crippen LogP contribution in [0.15, 0.2) is 69.8 Å². The first-order chi connectivity index (χ1) is 16.3. The molecule has 1 heterocycles. The molecular weight excluding hydrogens is 656 g/mol. The van der Waals surface area contributed by atoms with Crippen molar-refractivity contribution in [2.75, 3.05) is 6.61 Å². The molecular formula is C25H17BrCl2INO4. The van der Waals surface area contributed by atoms with Crippen LogP contribution >= 0.6 is 61.7 Å². The average molecular weight is 673 g/mol. The summed E-state index contributed by atoms with van der Waals surface area (Å²) >= 11 is 17.9. The van der Waals surface area contributed by atoms with Crippen molar-refractivity contribution in [2.45, 2.75) is 13.5 Å². The quantitative estimate of drug-likeness (QED) is 0.147. The molecule has 3 aromatic carbocycles. The van der Waals surface area contributed by atoms with Crippen molar-refractivity contribution in [1.29, 1.82) is 0 Å². The van der Waals surface area contributed by atoms with E-state index in [9.17, 15) is 4.79 Å². The summed E-state index contributed by atoms with van der Waals surface area (Å²) in [7, 11) is 0. The Kier molecular flexibility index (Phi) is 8.18. The molecule has 0 spiro atoms. The molecule has 1 aliphatic rings. The molecule has 4 rings (SSSR count). The Morgan fingerprint density at radius 2 is 1.85 bits per heavy atom. The van der Waals surface area contributed by atoms with E-state index in [-0.39, 0.29) is 11.6 Å². The topological polar surface area (TPSA) is 57.1 Å². The van der Waals surface area contributed by atoms with Gasteiger partial charge in [-0.05, 0) is 105 Å². The van der Waals surface area contributed by atoms with Crippen LogP contribution in [0.1, 0.15) is 23.6 Å². The zero-order valence-electron chi connectivity index (χ0n) is 17.8. The largest absolute Gasteiger partial charge is 0.490 e. The van der Waals surface area contributed by atoms with E-state index in [0.29, 0.717) is 50.4 Å². The fourth-order valence-electron chi connectivity index (χ4n) is 3.15. The molecule has 9 heteroatoms.